The summed E-state index contributed by atoms with van der Waals surface area (Å²) in [7, 11) is -4.02. The molecule has 2 rings (SSSR count). The largest absolute Gasteiger partial charge is 0.463 e. The predicted octanol–water partition coefficient (Wildman–Crippen LogP) is 3.41. The minimum Gasteiger partial charge on any atom is -0.463 e. The summed E-state index contributed by atoms with van der Waals surface area (Å²) in [5.74, 6) is -3.22. The van der Waals surface area contributed by atoms with E-state index in [2.05, 4.69) is 0 Å². The first-order chi connectivity index (χ1) is 15.3. The summed E-state index contributed by atoms with van der Waals surface area (Å²) in [6.07, 6.45) is -0.384. The van der Waals surface area contributed by atoms with Crippen LogP contribution < -0.4 is 9.92 Å². The molecule has 0 saturated heterocycles. The van der Waals surface area contributed by atoms with Gasteiger partial charge in [-0.3, -0.25) is 9.59 Å². The van der Waals surface area contributed by atoms with E-state index in [0.717, 1.165) is 0 Å². The number of ether oxygens (including phenoxy) is 2. The minimum absolute atomic E-state index is 0.0142. The number of nitrogens with two attached hydrogens (primary N) is 1. The van der Waals surface area contributed by atoms with Crippen molar-refractivity contribution in [2.75, 3.05) is 6.54 Å². The van der Waals surface area contributed by atoms with Crippen LogP contribution in [0.15, 0.2) is 59.5 Å². The van der Waals surface area contributed by atoms with Gasteiger partial charge in [-0.25, -0.2) is 0 Å². The van der Waals surface area contributed by atoms with Crippen molar-refractivity contribution in [3.05, 3.63) is 60.2 Å². The van der Waals surface area contributed by atoms with E-state index in [9.17, 15) is 18.0 Å². The lowest BCUT2D eigenvalue weighted by Gasteiger charge is -2.28. The van der Waals surface area contributed by atoms with E-state index >= 15 is 0 Å². The molecule has 9 heteroatoms. The third-order valence-corrected chi connectivity index (χ3v) is 5.71. The van der Waals surface area contributed by atoms with Crippen LogP contribution in [0.4, 0.5) is 0 Å². The van der Waals surface area contributed by atoms with Gasteiger partial charge in [0.25, 0.3) is 0 Å². The van der Waals surface area contributed by atoms with Crippen LogP contribution in [-0.4, -0.2) is 38.6 Å². The SMILES string of the molecule is CC(C)OC(=O)C(CN)C(C(=O)OC(C)(C)C)c1ccc(OS(=O)(=O)c2ccccc2)cc1. The van der Waals surface area contributed by atoms with E-state index in [-0.39, 0.29) is 23.3 Å². The Kier molecular flexibility index (Phi) is 8.63. The van der Waals surface area contributed by atoms with Crippen molar-refractivity contribution >= 4 is 22.1 Å². The van der Waals surface area contributed by atoms with Gasteiger partial charge in [0.2, 0.25) is 0 Å². The molecule has 2 aromatic carbocycles. The van der Waals surface area contributed by atoms with Gasteiger partial charge in [0.05, 0.1) is 17.9 Å². The molecule has 2 N–H and O–H groups in total. The van der Waals surface area contributed by atoms with Gasteiger partial charge >= 0.3 is 22.1 Å². The fourth-order valence-corrected chi connectivity index (χ4v) is 4.03. The Morgan fingerprint density at radius 2 is 1.52 bits per heavy atom. The van der Waals surface area contributed by atoms with Gasteiger partial charge in [0, 0.05) is 6.54 Å². The molecule has 2 aromatic rings. The van der Waals surface area contributed by atoms with Gasteiger partial charge < -0.3 is 19.4 Å². The van der Waals surface area contributed by atoms with Crippen LogP contribution in [-0.2, 0) is 29.2 Å². The molecule has 0 fully saturated rings. The van der Waals surface area contributed by atoms with Crippen LogP contribution in [0.5, 0.6) is 5.75 Å². The van der Waals surface area contributed by atoms with Crippen molar-refractivity contribution in [3.63, 3.8) is 0 Å². The first-order valence-corrected chi connectivity index (χ1v) is 12.0. The molecule has 2 atom stereocenters. The molecule has 2 unspecified atom stereocenters. The third kappa shape index (κ3) is 7.57. The van der Waals surface area contributed by atoms with Crippen LogP contribution in [0.3, 0.4) is 0 Å². The van der Waals surface area contributed by atoms with Crippen molar-refractivity contribution in [3.8, 4) is 5.75 Å². The van der Waals surface area contributed by atoms with Crippen LogP contribution in [0.2, 0.25) is 0 Å². The van der Waals surface area contributed by atoms with Crippen LogP contribution in [0, 0.1) is 5.92 Å². The monoisotopic (exact) mass is 477 g/mol. The smallest absolute Gasteiger partial charge is 0.339 e. The number of esters is 2. The maximum Gasteiger partial charge on any atom is 0.339 e. The highest BCUT2D eigenvalue weighted by Crippen LogP contribution is 2.31. The maximum atomic E-state index is 13.0. The molecule has 0 heterocycles. The first kappa shape index (κ1) is 26.3. The van der Waals surface area contributed by atoms with Crippen molar-refractivity contribution in [1.82, 2.24) is 0 Å². The summed E-state index contributed by atoms with van der Waals surface area (Å²) in [6, 6.07) is 13.6. The van der Waals surface area contributed by atoms with Crippen molar-refractivity contribution in [2.24, 2.45) is 11.7 Å². The highest BCUT2D eigenvalue weighted by Gasteiger charge is 2.38. The molecule has 0 aliphatic rings. The maximum absolute atomic E-state index is 13.0. The fourth-order valence-electron chi connectivity index (χ4n) is 3.08. The molecule has 0 aliphatic carbocycles. The van der Waals surface area contributed by atoms with Gasteiger partial charge in [-0.05, 0) is 64.4 Å². The quantitative estimate of drug-likeness (QED) is 0.431. The van der Waals surface area contributed by atoms with Gasteiger partial charge in [-0.1, -0.05) is 30.3 Å². The lowest BCUT2D eigenvalue weighted by atomic mass is 9.85. The van der Waals surface area contributed by atoms with Gasteiger partial charge in [0.1, 0.15) is 16.2 Å². The fraction of sp³-hybridized carbons (Fsp3) is 0.417. The van der Waals surface area contributed by atoms with Crippen LogP contribution in [0.1, 0.15) is 46.1 Å². The molecule has 0 aromatic heterocycles. The zero-order valence-electron chi connectivity index (χ0n) is 19.5. The Labute approximate surface area is 195 Å². The lowest BCUT2D eigenvalue weighted by Crippen LogP contribution is -2.39. The second kappa shape index (κ2) is 10.8. The molecule has 0 aliphatic heterocycles. The predicted molar refractivity (Wildman–Crippen MR) is 123 cm³/mol. The standard InChI is InChI=1S/C24H31NO7S/c1-16(2)30-22(26)20(15-25)21(23(27)31-24(3,4)5)17-11-13-18(14-12-17)32-33(28,29)19-9-7-6-8-10-19/h6-14,16,20-21H,15,25H2,1-5H3. The molecule has 0 radical (unpaired) electrons. The second-order valence-electron chi connectivity index (χ2n) is 8.76. The Morgan fingerprint density at radius 3 is 2.00 bits per heavy atom. The van der Waals surface area contributed by atoms with E-state index in [1.165, 1.54) is 36.4 Å². The van der Waals surface area contributed by atoms with Gasteiger partial charge in [-0.2, -0.15) is 8.42 Å². The Hall–Kier alpha value is -2.91. The third-order valence-electron chi connectivity index (χ3n) is 4.45. The Morgan fingerprint density at radius 1 is 0.939 bits per heavy atom. The molecule has 180 valence electrons. The summed E-state index contributed by atoms with van der Waals surface area (Å²) < 4.78 is 40.9. The zero-order chi connectivity index (χ0) is 24.8. The average Bonchev–Trinajstić information content (AvgIpc) is 2.71. The van der Waals surface area contributed by atoms with Crippen molar-refractivity contribution < 1.29 is 31.7 Å². The van der Waals surface area contributed by atoms with Crippen LogP contribution >= 0.6 is 0 Å². The summed E-state index contributed by atoms with van der Waals surface area (Å²) in [6.45, 7) is 8.42. The summed E-state index contributed by atoms with van der Waals surface area (Å²) in [5.41, 5.74) is 5.49. The minimum atomic E-state index is -4.02. The molecule has 0 saturated carbocycles. The highest BCUT2D eigenvalue weighted by atomic mass is 32.2. The summed E-state index contributed by atoms with van der Waals surface area (Å²) in [5, 5.41) is 0. The summed E-state index contributed by atoms with van der Waals surface area (Å²) in [4.78, 5) is 25.7. The molecular formula is C24H31NO7S. The Bertz CT molecular complexity index is 1040. The van der Waals surface area contributed by atoms with Crippen molar-refractivity contribution in [2.45, 2.75) is 57.1 Å². The molecule has 33 heavy (non-hydrogen) atoms. The topological polar surface area (TPSA) is 122 Å². The molecule has 0 spiro atoms. The molecule has 8 nitrogen and oxygen atoms in total. The number of carbonyl (C=O) groups excluding carboxylic acids is 2. The molecule has 0 amide bonds. The van der Waals surface area contributed by atoms with Crippen LogP contribution in [0.25, 0.3) is 0 Å². The number of benzene rings is 2. The normalized spacial score (nSPS) is 13.8. The van der Waals surface area contributed by atoms with Gasteiger partial charge in [-0.15, -0.1) is 0 Å². The Balaban J connectivity index is 2.36. The van der Waals surface area contributed by atoms with E-state index in [1.54, 1.807) is 52.8 Å². The number of hydrogen-bond donors (Lipinski definition) is 1. The van der Waals surface area contributed by atoms with E-state index < -0.39 is 39.5 Å². The lowest BCUT2D eigenvalue weighted by molar-refractivity contribution is -0.165. The number of carbonyl (C=O) groups is 2. The van der Waals surface area contributed by atoms with E-state index in [4.69, 9.17) is 19.4 Å². The average molecular weight is 478 g/mol. The van der Waals surface area contributed by atoms with Crippen molar-refractivity contribution in [1.29, 1.82) is 0 Å². The van der Waals surface area contributed by atoms with E-state index in [0.29, 0.717) is 5.56 Å². The molecule has 0 bridgehead atoms. The summed E-state index contributed by atoms with van der Waals surface area (Å²) >= 11 is 0. The molecular weight excluding hydrogens is 446 g/mol. The first-order valence-electron chi connectivity index (χ1n) is 10.6. The number of hydrogen-bond acceptors (Lipinski definition) is 8. The van der Waals surface area contributed by atoms with E-state index in [1.807, 2.05) is 0 Å². The van der Waals surface area contributed by atoms with Gasteiger partial charge in [0.15, 0.2) is 0 Å². The highest BCUT2D eigenvalue weighted by molar-refractivity contribution is 7.87. The number of rotatable bonds is 9. The zero-order valence-corrected chi connectivity index (χ0v) is 20.3. The second-order valence-corrected chi connectivity index (χ2v) is 10.3.